The Morgan fingerprint density at radius 3 is 2.30 bits per heavy atom. The number of carbonyl (C=O) groups is 2. The second kappa shape index (κ2) is 6.08. The lowest BCUT2D eigenvalue weighted by Crippen LogP contribution is -2.45. The molecule has 23 heavy (non-hydrogen) atoms. The Morgan fingerprint density at radius 2 is 1.61 bits per heavy atom. The van der Waals surface area contributed by atoms with Crippen molar-refractivity contribution in [3.63, 3.8) is 0 Å². The minimum absolute atomic E-state index is 0.0798. The third kappa shape index (κ3) is 2.88. The Labute approximate surface area is 135 Å². The van der Waals surface area contributed by atoms with E-state index in [0.29, 0.717) is 16.8 Å². The number of nitrogens with one attached hydrogen (secondary N) is 2. The molecule has 0 aromatic heterocycles. The Balaban J connectivity index is 2.10. The smallest absolute Gasteiger partial charge is 0.319 e. The molecule has 2 N–H and O–H groups in total. The van der Waals surface area contributed by atoms with Gasteiger partial charge in [-0.1, -0.05) is 54.6 Å². The van der Waals surface area contributed by atoms with Crippen molar-refractivity contribution >= 4 is 11.8 Å². The molecule has 0 fully saturated rings. The normalized spacial score (nSPS) is 17.5. The lowest BCUT2D eigenvalue weighted by molar-refractivity contribution is 0.102. The zero-order chi connectivity index (χ0) is 16.4. The molecule has 0 radical (unpaired) electrons. The number of benzene rings is 2. The average Bonchev–Trinajstić information content (AvgIpc) is 2.55. The predicted octanol–water partition coefficient (Wildman–Crippen LogP) is 3.51. The number of amides is 2. The molecule has 0 unspecified atom stereocenters. The van der Waals surface area contributed by atoms with Crippen LogP contribution in [0.2, 0.25) is 0 Å². The van der Waals surface area contributed by atoms with Crippen LogP contribution in [0, 0.1) is 6.92 Å². The third-order valence-corrected chi connectivity index (χ3v) is 4.05. The van der Waals surface area contributed by atoms with Crippen LogP contribution >= 0.6 is 0 Å². The van der Waals surface area contributed by atoms with Crippen LogP contribution in [0.1, 0.15) is 34.5 Å². The van der Waals surface area contributed by atoms with Gasteiger partial charge in [0.05, 0.1) is 6.04 Å². The number of carbonyl (C=O) groups excluding carboxylic acids is 2. The number of Topliss-reactive ketones (excluding diaryl/α,β-unsaturated/α-hetero) is 1. The standard InChI is InChI=1S/C19H18N2O2/c1-12-8-6-7-11-15(12)17-16(13(2)20-19(23)21-17)18(22)14-9-4-3-5-10-14/h3-11,17H,1-2H3,(H2,20,21,23)/t17-/m0/s1. The molecule has 2 amide bonds. The molecule has 0 saturated carbocycles. The highest BCUT2D eigenvalue weighted by Gasteiger charge is 2.32. The first-order valence-corrected chi connectivity index (χ1v) is 7.51. The minimum atomic E-state index is -0.447. The Kier molecular flexibility index (Phi) is 3.98. The molecule has 1 heterocycles. The molecule has 116 valence electrons. The molecule has 2 aromatic carbocycles. The number of allylic oxidation sites excluding steroid dienone is 1. The number of urea groups is 1. The first-order chi connectivity index (χ1) is 11.1. The van der Waals surface area contributed by atoms with Gasteiger partial charge in [0.25, 0.3) is 0 Å². The van der Waals surface area contributed by atoms with Crippen LogP contribution in [0.15, 0.2) is 65.9 Å². The van der Waals surface area contributed by atoms with Crippen molar-refractivity contribution in [2.45, 2.75) is 19.9 Å². The topological polar surface area (TPSA) is 58.2 Å². The van der Waals surface area contributed by atoms with Crippen molar-refractivity contribution in [3.8, 4) is 0 Å². The van der Waals surface area contributed by atoms with E-state index >= 15 is 0 Å². The van der Waals surface area contributed by atoms with E-state index in [2.05, 4.69) is 10.6 Å². The highest BCUT2D eigenvalue weighted by Crippen LogP contribution is 2.30. The summed E-state index contributed by atoms with van der Waals surface area (Å²) in [6.45, 7) is 3.74. The van der Waals surface area contributed by atoms with E-state index in [0.717, 1.165) is 11.1 Å². The van der Waals surface area contributed by atoms with Gasteiger partial charge in [0.15, 0.2) is 5.78 Å². The van der Waals surface area contributed by atoms with Gasteiger partial charge >= 0.3 is 6.03 Å². The summed E-state index contributed by atoms with van der Waals surface area (Å²) >= 11 is 0. The number of rotatable bonds is 3. The number of aryl methyl sites for hydroxylation is 1. The van der Waals surface area contributed by atoms with E-state index in [4.69, 9.17) is 0 Å². The van der Waals surface area contributed by atoms with Crippen molar-refractivity contribution in [2.75, 3.05) is 0 Å². The fourth-order valence-corrected chi connectivity index (χ4v) is 2.88. The van der Waals surface area contributed by atoms with Crippen molar-refractivity contribution in [2.24, 2.45) is 0 Å². The van der Waals surface area contributed by atoms with Crippen LogP contribution in [0.5, 0.6) is 0 Å². The molecular weight excluding hydrogens is 288 g/mol. The molecule has 4 heteroatoms. The molecule has 2 aromatic rings. The predicted molar refractivity (Wildman–Crippen MR) is 89.1 cm³/mol. The maximum atomic E-state index is 13.0. The average molecular weight is 306 g/mol. The highest BCUT2D eigenvalue weighted by molar-refractivity contribution is 6.11. The van der Waals surface area contributed by atoms with Gasteiger partial charge in [0.2, 0.25) is 0 Å². The first kappa shape index (κ1) is 15.0. The Morgan fingerprint density at radius 1 is 0.957 bits per heavy atom. The third-order valence-electron chi connectivity index (χ3n) is 4.05. The molecule has 0 aliphatic carbocycles. The van der Waals surface area contributed by atoms with E-state index < -0.39 is 6.04 Å². The molecule has 1 atom stereocenters. The van der Waals surface area contributed by atoms with Gasteiger partial charge in [-0.2, -0.15) is 0 Å². The zero-order valence-corrected chi connectivity index (χ0v) is 13.1. The fraction of sp³-hybridized carbons (Fsp3) is 0.158. The summed E-state index contributed by atoms with van der Waals surface area (Å²) in [7, 11) is 0. The minimum Gasteiger partial charge on any atom is -0.327 e. The van der Waals surface area contributed by atoms with Gasteiger partial charge in [-0.3, -0.25) is 4.79 Å². The summed E-state index contributed by atoms with van der Waals surface area (Å²) < 4.78 is 0. The Hall–Kier alpha value is -2.88. The maximum Gasteiger partial charge on any atom is 0.319 e. The second-order valence-corrected chi connectivity index (χ2v) is 5.62. The van der Waals surface area contributed by atoms with E-state index in [1.807, 2.05) is 49.4 Å². The van der Waals surface area contributed by atoms with E-state index in [1.165, 1.54) is 0 Å². The first-order valence-electron chi connectivity index (χ1n) is 7.51. The van der Waals surface area contributed by atoms with Crippen molar-refractivity contribution in [1.29, 1.82) is 0 Å². The van der Waals surface area contributed by atoms with Gasteiger partial charge < -0.3 is 10.6 Å². The summed E-state index contributed by atoms with van der Waals surface area (Å²) in [5.41, 5.74) is 3.74. The lowest BCUT2D eigenvalue weighted by atomic mass is 9.88. The van der Waals surface area contributed by atoms with Crippen molar-refractivity contribution in [1.82, 2.24) is 10.6 Å². The van der Waals surface area contributed by atoms with Gasteiger partial charge in [-0.25, -0.2) is 4.79 Å². The van der Waals surface area contributed by atoms with E-state index in [1.54, 1.807) is 19.1 Å². The second-order valence-electron chi connectivity index (χ2n) is 5.62. The van der Waals surface area contributed by atoms with Crippen LogP contribution in [-0.4, -0.2) is 11.8 Å². The highest BCUT2D eigenvalue weighted by atomic mass is 16.2. The fourth-order valence-electron chi connectivity index (χ4n) is 2.88. The largest absolute Gasteiger partial charge is 0.327 e. The lowest BCUT2D eigenvalue weighted by Gasteiger charge is -2.29. The summed E-state index contributed by atoms with van der Waals surface area (Å²) in [5, 5.41) is 5.58. The molecule has 0 bridgehead atoms. The maximum absolute atomic E-state index is 13.0. The Bertz CT molecular complexity index is 794. The van der Waals surface area contributed by atoms with Gasteiger partial charge in [0.1, 0.15) is 0 Å². The van der Waals surface area contributed by atoms with Crippen LogP contribution in [0.3, 0.4) is 0 Å². The molecule has 4 nitrogen and oxygen atoms in total. The van der Waals surface area contributed by atoms with Crippen LogP contribution < -0.4 is 10.6 Å². The molecule has 1 aliphatic rings. The molecule has 0 saturated heterocycles. The molecular formula is C19H18N2O2. The number of ketones is 1. The van der Waals surface area contributed by atoms with Gasteiger partial charge in [-0.15, -0.1) is 0 Å². The van der Waals surface area contributed by atoms with Gasteiger partial charge in [-0.05, 0) is 25.0 Å². The summed E-state index contributed by atoms with van der Waals surface area (Å²) in [5.74, 6) is -0.0798. The summed E-state index contributed by atoms with van der Waals surface area (Å²) in [4.78, 5) is 24.9. The summed E-state index contributed by atoms with van der Waals surface area (Å²) in [6.07, 6.45) is 0. The molecule has 0 spiro atoms. The van der Waals surface area contributed by atoms with Crippen molar-refractivity contribution in [3.05, 3.63) is 82.6 Å². The zero-order valence-electron chi connectivity index (χ0n) is 13.1. The van der Waals surface area contributed by atoms with Gasteiger partial charge in [0, 0.05) is 16.8 Å². The molecule has 3 rings (SSSR count). The monoisotopic (exact) mass is 306 g/mol. The van der Waals surface area contributed by atoms with E-state index in [-0.39, 0.29) is 11.8 Å². The van der Waals surface area contributed by atoms with E-state index in [9.17, 15) is 9.59 Å². The number of hydrogen-bond acceptors (Lipinski definition) is 2. The van der Waals surface area contributed by atoms with Crippen LogP contribution in [-0.2, 0) is 0 Å². The SMILES string of the molecule is CC1=C(C(=O)c2ccccc2)[C@H](c2ccccc2C)NC(=O)N1. The number of hydrogen-bond donors (Lipinski definition) is 2. The molecule has 1 aliphatic heterocycles. The van der Waals surface area contributed by atoms with Crippen LogP contribution in [0.4, 0.5) is 4.79 Å². The quantitative estimate of drug-likeness (QED) is 0.853. The van der Waals surface area contributed by atoms with Crippen molar-refractivity contribution < 1.29 is 9.59 Å². The summed E-state index contributed by atoms with van der Waals surface area (Å²) in [6, 6.07) is 16.1. The van der Waals surface area contributed by atoms with Crippen LogP contribution in [0.25, 0.3) is 0 Å².